The monoisotopic (exact) mass is 460 g/mol. The van der Waals surface area contributed by atoms with Crippen molar-refractivity contribution in [3.63, 3.8) is 0 Å². The van der Waals surface area contributed by atoms with Gasteiger partial charge in [-0.1, -0.05) is 30.3 Å². The van der Waals surface area contributed by atoms with E-state index >= 15 is 0 Å². The van der Waals surface area contributed by atoms with Crippen molar-refractivity contribution >= 4 is 16.0 Å². The molecule has 2 aliphatic heterocycles. The summed E-state index contributed by atoms with van der Waals surface area (Å²) < 4.78 is 72.1. The predicted octanol–water partition coefficient (Wildman–Crippen LogP) is 2.96. The maximum absolute atomic E-state index is 13.3. The van der Waals surface area contributed by atoms with Gasteiger partial charge in [0.25, 0.3) is 0 Å². The maximum Gasteiger partial charge on any atom is 0.490 e. The molecule has 0 aliphatic carbocycles. The van der Waals surface area contributed by atoms with Crippen LogP contribution < -0.4 is 0 Å². The van der Waals surface area contributed by atoms with Gasteiger partial charge in [0.2, 0.25) is 10.0 Å². The molecule has 31 heavy (non-hydrogen) atoms. The van der Waals surface area contributed by atoms with E-state index in [0.717, 1.165) is 12.1 Å². The largest absolute Gasteiger partial charge is 0.490 e. The van der Waals surface area contributed by atoms with Gasteiger partial charge in [-0.3, -0.25) is 4.90 Å². The molecule has 11 heteroatoms. The van der Waals surface area contributed by atoms with Crippen molar-refractivity contribution in [2.45, 2.75) is 23.7 Å². The summed E-state index contributed by atoms with van der Waals surface area (Å²) in [6, 6.07) is 15.4. The van der Waals surface area contributed by atoms with Crippen LogP contribution in [-0.4, -0.2) is 60.6 Å². The van der Waals surface area contributed by atoms with Gasteiger partial charge in [-0.15, -0.1) is 0 Å². The molecule has 0 aromatic heterocycles. The van der Waals surface area contributed by atoms with Gasteiger partial charge in [-0.25, -0.2) is 17.6 Å². The number of benzene rings is 2. The van der Waals surface area contributed by atoms with E-state index < -0.39 is 22.2 Å². The number of carboxylic acids is 1. The van der Waals surface area contributed by atoms with Crippen LogP contribution in [0.3, 0.4) is 0 Å². The van der Waals surface area contributed by atoms with Crippen LogP contribution in [0.4, 0.5) is 17.6 Å². The molecule has 2 fully saturated rings. The molecule has 168 valence electrons. The van der Waals surface area contributed by atoms with Gasteiger partial charge in [0, 0.05) is 38.1 Å². The molecular weight excluding hydrogens is 440 g/mol. The summed E-state index contributed by atoms with van der Waals surface area (Å²) in [5.74, 6) is -2.62. The molecule has 0 radical (unpaired) electrons. The Balaban J connectivity index is 0.000000339. The van der Waals surface area contributed by atoms with Crippen molar-refractivity contribution in [3.8, 4) is 0 Å². The van der Waals surface area contributed by atoms with Gasteiger partial charge in [-0.05, 0) is 29.8 Å². The standard InChI is InChI=1S/C18H19FN2O2S.C2HF3O2/c19-16-6-4-5-14(9-16)10-20-11-15-12-21(13-18(15)20)24(22,23)17-7-2-1-3-8-17;3-2(4,5)1(6)7/h1-9,15,18H,10-13H2;(H,6,7). The predicted molar refractivity (Wildman–Crippen MR) is 103 cm³/mol. The van der Waals surface area contributed by atoms with Gasteiger partial charge in [-0.2, -0.15) is 17.5 Å². The van der Waals surface area contributed by atoms with E-state index in [1.807, 2.05) is 12.1 Å². The van der Waals surface area contributed by atoms with Gasteiger partial charge < -0.3 is 5.11 Å². The Morgan fingerprint density at radius 3 is 2.26 bits per heavy atom. The molecule has 0 amide bonds. The van der Waals surface area contributed by atoms with E-state index in [1.54, 1.807) is 40.7 Å². The highest BCUT2D eigenvalue weighted by molar-refractivity contribution is 7.89. The Labute approximate surface area is 176 Å². The summed E-state index contributed by atoms with van der Waals surface area (Å²) in [7, 11) is -3.42. The summed E-state index contributed by atoms with van der Waals surface area (Å²) in [5.41, 5.74) is 0.929. The lowest BCUT2D eigenvalue weighted by Gasteiger charge is -2.43. The highest BCUT2D eigenvalue weighted by Gasteiger charge is 2.48. The van der Waals surface area contributed by atoms with E-state index in [-0.39, 0.29) is 11.9 Å². The number of hydrogen-bond acceptors (Lipinski definition) is 4. The zero-order chi connectivity index (χ0) is 22.8. The summed E-state index contributed by atoms with van der Waals surface area (Å²) >= 11 is 0. The Hall–Kier alpha value is -2.50. The van der Waals surface area contributed by atoms with Crippen molar-refractivity contribution in [2.75, 3.05) is 19.6 Å². The third-order valence-electron chi connectivity index (χ3n) is 5.21. The number of carbonyl (C=O) groups is 1. The third-order valence-corrected chi connectivity index (χ3v) is 7.06. The molecule has 1 N–H and O–H groups in total. The van der Waals surface area contributed by atoms with Gasteiger partial charge in [0.1, 0.15) is 5.82 Å². The highest BCUT2D eigenvalue weighted by atomic mass is 32.2. The number of aliphatic carboxylic acids is 1. The molecule has 0 bridgehead atoms. The zero-order valence-electron chi connectivity index (χ0n) is 16.2. The van der Waals surface area contributed by atoms with Crippen molar-refractivity contribution in [3.05, 3.63) is 66.0 Å². The fourth-order valence-corrected chi connectivity index (χ4v) is 5.23. The number of nitrogens with zero attached hydrogens (tertiary/aromatic N) is 2. The lowest BCUT2D eigenvalue weighted by Crippen LogP contribution is -2.54. The van der Waals surface area contributed by atoms with Gasteiger partial charge >= 0.3 is 12.1 Å². The van der Waals surface area contributed by atoms with E-state index in [1.165, 1.54) is 6.07 Å². The molecule has 0 spiro atoms. The fraction of sp³-hybridized carbons (Fsp3) is 0.350. The smallest absolute Gasteiger partial charge is 0.475 e. The van der Waals surface area contributed by atoms with E-state index in [2.05, 4.69) is 4.90 Å². The SMILES string of the molecule is O=C(O)C(F)(F)F.O=S(=O)(c1ccccc1)N1CC2CN(Cc3cccc(F)c3)C2C1. The second kappa shape index (κ2) is 8.93. The van der Waals surface area contributed by atoms with E-state index in [0.29, 0.717) is 30.4 Å². The molecule has 2 unspecified atom stereocenters. The third kappa shape index (κ3) is 5.41. The summed E-state index contributed by atoms with van der Waals surface area (Å²) in [5, 5.41) is 7.12. The van der Waals surface area contributed by atoms with Crippen LogP contribution in [-0.2, 0) is 21.4 Å². The van der Waals surface area contributed by atoms with Crippen molar-refractivity contribution in [1.29, 1.82) is 0 Å². The van der Waals surface area contributed by atoms with Gasteiger partial charge in [0.15, 0.2) is 0 Å². The highest BCUT2D eigenvalue weighted by Crippen LogP contribution is 2.36. The number of rotatable bonds is 4. The van der Waals surface area contributed by atoms with E-state index in [9.17, 15) is 26.0 Å². The quantitative estimate of drug-likeness (QED) is 0.710. The first-order valence-corrected chi connectivity index (χ1v) is 10.8. The normalized spacial score (nSPS) is 21.5. The molecular formula is C20H20F4N2O4S. The van der Waals surface area contributed by atoms with Crippen molar-refractivity contribution in [2.24, 2.45) is 5.92 Å². The Bertz CT molecular complexity index is 1030. The molecule has 2 saturated heterocycles. The first-order chi connectivity index (χ1) is 14.5. The average molecular weight is 460 g/mol. The van der Waals surface area contributed by atoms with Crippen LogP contribution in [0.15, 0.2) is 59.5 Å². The number of hydrogen-bond donors (Lipinski definition) is 1. The first-order valence-electron chi connectivity index (χ1n) is 9.32. The second-order valence-electron chi connectivity index (χ2n) is 7.32. The van der Waals surface area contributed by atoms with Crippen LogP contribution in [0.1, 0.15) is 5.56 Å². The lowest BCUT2D eigenvalue weighted by molar-refractivity contribution is -0.192. The van der Waals surface area contributed by atoms with Gasteiger partial charge in [0.05, 0.1) is 4.90 Å². The zero-order valence-corrected chi connectivity index (χ0v) is 17.0. The van der Waals surface area contributed by atoms with Crippen LogP contribution in [0.5, 0.6) is 0 Å². The Morgan fingerprint density at radius 2 is 1.68 bits per heavy atom. The molecule has 2 aromatic carbocycles. The Morgan fingerprint density at radius 1 is 1.03 bits per heavy atom. The summed E-state index contributed by atoms with van der Waals surface area (Å²) in [6.45, 7) is 2.61. The second-order valence-corrected chi connectivity index (χ2v) is 9.26. The number of likely N-dealkylation sites (tertiary alicyclic amines) is 1. The van der Waals surface area contributed by atoms with Crippen LogP contribution in [0, 0.1) is 11.7 Å². The lowest BCUT2D eigenvalue weighted by atomic mass is 9.91. The molecule has 4 rings (SSSR count). The minimum atomic E-state index is -5.08. The number of alkyl halides is 3. The van der Waals surface area contributed by atoms with Crippen molar-refractivity contribution in [1.82, 2.24) is 9.21 Å². The average Bonchev–Trinajstić information content (AvgIpc) is 3.04. The minimum absolute atomic E-state index is 0.228. The number of carboxylic acid groups (broad SMARTS) is 1. The summed E-state index contributed by atoms with van der Waals surface area (Å²) in [4.78, 5) is 11.5. The maximum atomic E-state index is 13.3. The molecule has 6 nitrogen and oxygen atoms in total. The minimum Gasteiger partial charge on any atom is -0.475 e. The van der Waals surface area contributed by atoms with Crippen LogP contribution in [0.25, 0.3) is 0 Å². The Kier molecular flexibility index (Phi) is 6.68. The number of fused-ring (bicyclic) bond motifs is 1. The molecule has 2 atom stereocenters. The van der Waals surface area contributed by atoms with E-state index in [4.69, 9.17) is 9.90 Å². The molecule has 2 heterocycles. The first kappa shape index (κ1) is 23.2. The molecule has 0 saturated carbocycles. The molecule has 2 aromatic rings. The van der Waals surface area contributed by atoms with Crippen LogP contribution >= 0.6 is 0 Å². The number of sulfonamides is 1. The molecule has 2 aliphatic rings. The topological polar surface area (TPSA) is 77.9 Å². The number of halogens is 4. The van der Waals surface area contributed by atoms with Crippen LogP contribution in [0.2, 0.25) is 0 Å². The fourth-order valence-electron chi connectivity index (χ4n) is 3.70. The summed E-state index contributed by atoms with van der Waals surface area (Å²) in [6.07, 6.45) is -5.08. The van der Waals surface area contributed by atoms with Crippen molar-refractivity contribution < 1.29 is 35.9 Å².